The first-order valence-corrected chi connectivity index (χ1v) is 9.72. The Balaban J connectivity index is 1.66. The van der Waals surface area contributed by atoms with Gasteiger partial charge >= 0.3 is 0 Å². The second-order valence-electron chi connectivity index (χ2n) is 6.05. The number of hydrogen-bond donors (Lipinski definition) is 2. The molecule has 0 unspecified atom stereocenters. The molecule has 3 aromatic rings. The number of ether oxygens (including phenoxy) is 1. The molecule has 0 atom stereocenters. The molecule has 0 bridgehead atoms. The number of carbonyl (C=O) groups is 2. The van der Waals surface area contributed by atoms with Gasteiger partial charge in [0.15, 0.2) is 0 Å². The SMILES string of the molecule is COc1ccc(C(=O)Nc2cccc(C(=O)NCc3ccccc3)c2)cc1I. The van der Waals surface area contributed by atoms with Crippen molar-refractivity contribution in [3.05, 3.63) is 93.1 Å². The quantitative estimate of drug-likeness (QED) is 0.505. The van der Waals surface area contributed by atoms with Gasteiger partial charge in [0.25, 0.3) is 11.8 Å². The van der Waals surface area contributed by atoms with E-state index in [0.717, 1.165) is 9.13 Å². The molecule has 0 aliphatic rings. The van der Waals surface area contributed by atoms with Crippen molar-refractivity contribution in [3.8, 4) is 5.75 Å². The average Bonchev–Trinajstić information content (AvgIpc) is 2.73. The molecule has 0 saturated carbocycles. The largest absolute Gasteiger partial charge is 0.496 e. The lowest BCUT2D eigenvalue weighted by atomic mass is 10.1. The molecule has 0 heterocycles. The van der Waals surface area contributed by atoms with E-state index in [4.69, 9.17) is 4.74 Å². The van der Waals surface area contributed by atoms with Crippen molar-refractivity contribution in [1.29, 1.82) is 0 Å². The van der Waals surface area contributed by atoms with Crippen molar-refractivity contribution in [2.45, 2.75) is 6.54 Å². The Hall–Kier alpha value is -2.87. The van der Waals surface area contributed by atoms with Crippen LogP contribution < -0.4 is 15.4 Å². The van der Waals surface area contributed by atoms with E-state index in [9.17, 15) is 9.59 Å². The Morgan fingerprint density at radius 3 is 2.36 bits per heavy atom. The minimum Gasteiger partial charge on any atom is -0.496 e. The van der Waals surface area contributed by atoms with E-state index in [0.29, 0.717) is 29.1 Å². The number of benzene rings is 3. The van der Waals surface area contributed by atoms with Crippen LogP contribution in [0.1, 0.15) is 26.3 Å². The van der Waals surface area contributed by atoms with E-state index >= 15 is 0 Å². The Bertz CT molecular complexity index is 990. The molecule has 2 amide bonds. The van der Waals surface area contributed by atoms with E-state index in [1.165, 1.54) is 0 Å². The molecule has 2 N–H and O–H groups in total. The fraction of sp³-hybridized carbons (Fsp3) is 0.0909. The fourth-order valence-electron chi connectivity index (χ4n) is 2.63. The summed E-state index contributed by atoms with van der Waals surface area (Å²) in [6.45, 7) is 0.445. The van der Waals surface area contributed by atoms with Crippen LogP contribution in [-0.2, 0) is 6.54 Å². The summed E-state index contributed by atoms with van der Waals surface area (Å²) in [6.07, 6.45) is 0. The summed E-state index contributed by atoms with van der Waals surface area (Å²) >= 11 is 2.12. The minimum absolute atomic E-state index is 0.195. The highest BCUT2D eigenvalue weighted by Gasteiger charge is 2.11. The summed E-state index contributed by atoms with van der Waals surface area (Å²) < 4.78 is 6.06. The first kappa shape index (κ1) is 19.9. The van der Waals surface area contributed by atoms with E-state index in [2.05, 4.69) is 33.2 Å². The fourth-order valence-corrected chi connectivity index (χ4v) is 3.36. The normalized spacial score (nSPS) is 10.2. The highest BCUT2D eigenvalue weighted by Crippen LogP contribution is 2.22. The monoisotopic (exact) mass is 486 g/mol. The molecular formula is C22H19IN2O3. The maximum atomic E-state index is 12.5. The third kappa shape index (κ3) is 5.10. The number of carbonyl (C=O) groups excluding carboxylic acids is 2. The molecule has 142 valence electrons. The van der Waals surface area contributed by atoms with Crippen molar-refractivity contribution in [2.75, 3.05) is 12.4 Å². The van der Waals surface area contributed by atoms with Crippen LogP contribution in [0.5, 0.6) is 5.75 Å². The van der Waals surface area contributed by atoms with Crippen LogP contribution in [0.2, 0.25) is 0 Å². The molecule has 6 heteroatoms. The zero-order valence-corrected chi connectivity index (χ0v) is 17.4. The van der Waals surface area contributed by atoms with Crippen LogP contribution in [0.3, 0.4) is 0 Å². The average molecular weight is 486 g/mol. The zero-order valence-electron chi connectivity index (χ0n) is 15.2. The summed E-state index contributed by atoms with van der Waals surface area (Å²) in [4.78, 5) is 24.9. The van der Waals surface area contributed by atoms with Gasteiger partial charge in [-0.25, -0.2) is 0 Å². The summed E-state index contributed by atoms with van der Waals surface area (Å²) in [5.74, 6) is 0.274. The number of anilines is 1. The zero-order chi connectivity index (χ0) is 19.9. The van der Waals surface area contributed by atoms with E-state index < -0.39 is 0 Å². The lowest BCUT2D eigenvalue weighted by Crippen LogP contribution is -2.23. The summed E-state index contributed by atoms with van der Waals surface area (Å²) in [7, 11) is 1.59. The predicted octanol–water partition coefficient (Wildman–Crippen LogP) is 4.48. The Morgan fingerprint density at radius 2 is 1.64 bits per heavy atom. The summed E-state index contributed by atoms with van der Waals surface area (Å²) in [5, 5.41) is 5.71. The third-order valence-corrected chi connectivity index (χ3v) is 4.94. The number of nitrogens with one attached hydrogen (secondary N) is 2. The van der Waals surface area contributed by atoms with Crippen LogP contribution in [0.15, 0.2) is 72.8 Å². The van der Waals surface area contributed by atoms with Gasteiger partial charge in [-0.1, -0.05) is 36.4 Å². The minimum atomic E-state index is -0.248. The van der Waals surface area contributed by atoms with Crippen molar-refractivity contribution in [3.63, 3.8) is 0 Å². The van der Waals surface area contributed by atoms with Gasteiger partial charge in [0.2, 0.25) is 0 Å². The smallest absolute Gasteiger partial charge is 0.255 e. The number of halogens is 1. The molecule has 0 aliphatic carbocycles. The van der Waals surface area contributed by atoms with Crippen molar-refractivity contribution < 1.29 is 14.3 Å². The van der Waals surface area contributed by atoms with Crippen LogP contribution in [0, 0.1) is 3.57 Å². The van der Waals surface area contributed by atoms with Gasteiger partial charge in [0, 0.05) is 23.4 Å². The number of methoxy groups -OCH3 is 1. The molecule has 0 aromatic heterocycles. The van der Waals surface area contributed by atoms with Gasteiger partial charge in [-0.3, -0.25) is 9.59 Å². The summed E-state index contributed by atoms with van der Waals surface area (Å²) in [6, 6.07) is 21.8. The van der Waals surface area contributed by atoms with Crippen LogP contribution in [-0.4, -0.2) is 18.9 Å². The van der Waals surface area contributed by atoms with Crippen molar-refractivity contribution in [1.82, 2.24) is 5.32 Å². The lowest BCUT2D eigenvalue weighted by molar-refractivity contribution is 0.0949. The van der Waals surface area contributed by atoms with E-state index in [-0.39, 0.29) is 11.8 Å². The molecule has 5 nitrogen and oxygen atoms in total. The lowest BCUT2D eigenvalue weighted by Gasteiger charge is -2.10. The number of hydrogen-bond acceptors (Lipinski definition) is 3. The molecule has 3 rings (SSSR count). The standard InChI is InChI=1S/C22H19IN2O3/c1-28-20-11-10-17(13-19(20)23)22(27)25-18-9-5-8-16(12-18)21(26)24-14-15-6-3-2-4-7-15/h2-13H,14H2,1H3,(H,24,26)(H,25,27). The Morgan fingerprint density at radius 1 is 0.893 bits per heavy atom. The maximum Gasteiger partial charge on any atom is 0.255 e. The second kappa shape index (κ2) is 9.36. The number of rotatable bonds is 6. The highest BCUT2D eigenvalue weighted by molar-refractivity contribution is 14.1. The van der Waals surface area contributed by atoms with Crippen LogP contribution in [0.4, 0.5) is 5.69 Å². The molecular weight excluding hydrogens is 467 g/mol. The van der Waals surface area contributed by atoms with Crippen LogP contribution >= 0.6 is 22.6 Å². The number of amides is 2. The van der Waals surface area contributed by atoms with Gasteiger partial charge in [0.05, 0.1) is 10.7 Å². The maximum absolute atomic E-state index is 12.5. The third-order valence-electron chi connectivity index (χ3n) is 4.09. The Labute approximate surface area is 177 Å². The second-order valence-corrected chi connectivity index (χ2v) is 7.21. The van der Waals surface area contributed by atoms with Gasteiger partial charge in [-0.15, -0.1) is 0 Å². The molecule has 0 spiro atoms. The van der Waals surface area contributed by atoms with Crippen molar-refractivity contribution in [2.24, 2.45) is 0 Å². The summed E-state index contributed by atoms with van der Waals surface area (Å²) in [5.41, 5.74) is 2.58. The van der Waals surface area contributed by atoms with Crippen molar-refractivity contribution >= 4 is 40.1 Å². The van der Waals surface area contributed by atoms with Gasteiger partial charge in [-0.2, -0.15) is 0 Å². The molecule has 0 saturated heterocycles. The molecule has 28 heavy (non-hydrogen) atoms. The topological polar surface area (TPSA) is 67.4 Å². The van der Waals surface area contributed by atoms with E-state index in [1.54, 1.807) is 49.6 Å². The molecule has 0 aliphatic heterocycles. The first-order valence-electron chi connectivity index (χ1n) is 8.64. The van der Waals surface area contributed by atoms with Crippen LogP contribution in [0.25, 0.3) is 0 Å². The van der Waals surface area contributed by atoms with E-state index in [1.807, 2.05) is 30.3 Å². The molecule has 0 radical (unpaired) electrons. The first-order chi connectivity index (χ1) is 13.6. The molecule has 3 aromatic carbocycles. The van der Waals surface area contributed by atoms with Gasteiger partial charge in [0.1, 0.15) is 5.75 Å². The Kier molecular flexibility index (Phi) is 6.65. The van der Waals surface area contributed by atoms with Gasteiger partial charge in [-0.05, 0) is 64.6 Å². The van der Waals surface area contributed by atoms with Gasteiger partial charge < -0.3 is 15.4 Å². The highest BCUT2D eigenvalue weighted by atomic mass is 127. The predicted molar refractivity (Wildman–Crippen MR) is 118 cm³/mol. The molecule has 0 fully saturated rings.